The van der Waals surface area contributed by atoms with Crippen molar-refractivity contribution in [2.24, 2.45) is 0 Å². The number of rotatable bonds is 12. The maximum atomic E-state index is 5.32. The second-order valence-corrected chi connectivity index (χ2v) is 4.56. The van der Waals surface area contributed by atoms with Gasteiger partial charge in [0.05, 0.1) is 0 Å². The minimum absolute atomic E-state index is 1.09. The highest BCUT2D eigenvalue weighted by molar-refractivity contribution is 4.61. The Morgan fingerprint density at radius 1 is 0.667 bits per heavy atom. The molecule has 0 aromatic carbocycles. The highest BCUT2D eigenvalue weighted by atomic mass is 14.0. The quantitative estimate of drug-likeness (QED) is 0.287. The van der Waals surface area contributed by atoms with Gasteiger partial charge < -0.3 is 0 Å². The highest BCUT2D eigenvalue weighted by Crippen LogP contribution is 2.11. The lowest BCUT2D eigenvalue weighted by atomic mass is 10.1. The fourth-order valence-corrected chi connectivity index (χ4v) is 1.93. The molecule has 0 aliphatic rings. The molecule has 0 nitrogen and oxygen atoms in total. The van der Waals surface area contributed by atoms with Crippen molar-refractivity contribution in [3.05, 3.63) is 12.7 Å². The van der Waals surface area contributed by atoms with E-state index in [1.54, 1.807) is 6.08 Å². The van der Waals surface area contributed by atoms with Gasteiger partial charge in [-0.05, 0) is 6.42 Å². The van der Waals surface area contributed by atoms with E-state index in [4.69, 9.17) is 6.58 Å². The molecule has 0 heterocycles. The Morgan fingerprint density at radius 3 is 1.47 bits per heavy atom. The Labute approximate surface area is 97.2 Å². The van der Waals surface area contributed by atoms with Gasteiger partial charge >= 0.3 is 0 Å². The maximum Gasteiger partial charge on any atom is 0.201 e. The average Bonchev–Trinajstić information content (AvgIpc) is 2.26. The van der Waals surface area contributed by atoms with Gasteiger partial charge in [-0.25, -0.2) is 0 Å². The van der Waals surface area contributed by atoms with Gasteiger partial charge in [0.2, 0.25) is 6.58 Å². The van der Waals surface area contributed by atoms with Crippen molar-refractivity contribution in [3.63, 3.8) is 0 Å². The van der Waals surface area contributed by atoms with E-state index in [1.807, 2.05) is 0 Å². The van der Waals surface area contributed by atoms with E-state index >= 15 is 0 Å². The molecule has 0 aromatic heterocycles. The van der Waals surface area contributed by atoms with Crippen LogP contribution >= 0.6 is 0 Å². The van der Waals surface area contributed by atoms with Crippen LogP contribution in [0.5, 0.6) is 0 Å². The first kappa shape index (κ1) is 14.6. The van der Waals surface area contributed by atoms with Crippen LogP contribution in [-0.4, -0.2) is 0 Å². The van der Waals surface area contributed by atoms with Crippen LogP contribution in [0.3, 0.4) is 0 Å². The first-order valence-corrected chi connectivity index (χ1v) is 6.95. The van der Waals surface area contributed by atoms with Crippen LogP contribution in [0.15, 0.2) is 6.08 Å². The Balaban J connectivity index is 2.83. The molecule has 0 aliphatic carbocycles. The van der Waals surface area contributed by atoms with Crippen LogP contribution in [0.2, 0.25) is 0 Å². The molecule has 15 heavy (non-hydrogen) atoms. The van der Waals surface area contributed by atoms with Gasteiger partial charge in [0.15, 0.2) is 6.08 Å². The summed E-state index contributed by atoms with van der Waals surface area (Å²) in [6.45, 7) is 7.60. The summed E-state index contributed by atoms with van der Waals surface area (Å²) in [5.74, 6) is 0. The number of hydrogen-bond donors (Lipinski definition) is 0. The molecule has 0 atom stereocenters. The molecule has 0 unspecified atom stereocenters. The third-order valence-electron chi connectivity index (χ3n) is 2.97. The van der Waals surface area contributed by atoms with Gasteiger partial charge in [-0.3, -0.25) is 0 Å². The molecule has 0 radical (unpaired) electrons. The van der Waals surface area contributed by atoms with Gasteiger partial charge in [-0.1, -0.05) is 71.1 Å². The SMILES string of the molecule is [CH+]=CCCCCCCCCCCCCC. The van der Waals surface area contributed by atoms with Crippen molar-refractivity contribution < 1.29 is 0 Å². The summed E-state index contributed by atoms with van der Waals surface area (Å²) in [5, 5.41) is 0. The minimum atomic E-state index is 1.09. The maximum absolute atomic E-state index is 5.32. The summed E-state index contributed by atoms with van der Waals surface area (Å²) in [4.78, 5) is 0. The first-order valence-electron chi connectivity index (χ1n) is 6.95. The zero-order valence-corrected chi connectivity index (χ0v) is 10.6. The Kier molecular flexibility index (Phi) is 13.3. The van der Waals surface area contributed by atoms with Crippen LogP contribution in [0.25, 0.3) is 0 Å². The normalized spacial score (nSPS) is 10.4. The lowest BCUT2D eigenvalue weighted by molar-refractivity contribution is 0.550. The third kappa shape index (κ3) is 13.7. The predicted molar refractivity (Wildman–Crippen MR) is 69.9 cm³/mol. The molecule has 0 amide bonds. The predicted octanol–water partition coefficient (Wildman–Crippen LogP) is 5.68. The van der Waals surface area contributed by atoms with E-state index < -0.39 is 0 Å². The van der Waals surface area contributed by atoms with Crippen molar-refractivity contribution >= 4 is 0 Å². The van der Waals surface area contributed by atoms with E-state index in [0.717, 1.165) is 6.42 Å². The molecular weight excluding hydrogens is 180 g/mol. The summed E-state index contributed by atoms with van der Waals surface area (Å²) >= 11 is 0. The van der Waals surface area contributed by atoms with Crippen LogP contribution in [0.4, 0.5) is 0 Å². The third-order valence-corrected chi connectivity index (χ3v) is 2.97. The molecule has 0 bridgehead atoms. The Bertz CT molecular complexity index is 115. The van der Waals surface area contributed by atoms with Gasteiger partial charge in [0.25, 0.3) is 0 Å². The summed E-state index contributed by atoms with van der Waals surface area (Å²) < 4.78 is 0. The summed E-state index contributed by atoms with van der Waals surface area (Å²) in [6.07, 6.45) is 18.4. The van der Waals surface area contributed by atoms with Crippen LogP contribution < -0.4 is 0 Å². The zero-order valence-electron chi connectivity index (χ0n) is 10.6. The monoisotopic (exact) mass is 209 g/mol. The van der Waals surface area contributed by atoms with Gasteiger partial charge in [-0.15, -0.1) is 0 Å². The highest BCUT2D eigenvalue weighted by Gasteiger charge is 1.92. The molecule has 0 spiro atoms. The molecule has 0 rings (SSSR count). The van der Waals surface area contributed by atoms with Gasteiger partial charge in [0, 0.05) is 6.42 Å². The molecule has 88 valence electrons. The van der Waals surface area contributed by atoms with Crippen molar-refractivity contribution in [1.82, 2.24) is 0 Å². The van der Waals surface area contributed by atoms with Gasteiger partial charge in [-0.2, -0.15) is 0 Å². The molecule has 0 saturated carbocycles. The summed E-state index contributed by atoms with van der Waals surface area (Å²) in [6, 6.07) is 0. The minimum Gasteiger partial charge on any atom is -0.0654 e. The molecule has 0 fully saturated rings. The molecule has 0 aromatic rings. The summed E-state index contributed by atoms with van der Waals surface area (Å²) in [7, 11) is 0. The van der Waals surface area contributed by atoms with Crippen LogP contribution in [-0.2, 0) is 0 Å². The molecule has 0 saturated heterocycles. The van der Waals surface area contributed by atoms with Crippen molar-refractivity contribution in [3.8, 4) is 0 Å². The smallest absolute Gasteiger partial charge is 0.0654 e. The van der Waals surface area contributed by atoms with E-state index in [0.29, 0.717) is 0 Å². The Morgan fingerprint density at radius 2 is 1.07 bits per heavy atom. The van der Waals surface area contributed by atoms with E-state index in [2.05, 4.69) is 6.92 Å². The van der Waals surface area contributed by atoms with E-state index in [1.165, 1.54) is 70.6 Å². The summed E-state index contributed by atoms with van der Waals surface area (Å²) in [5.41, 5.74) is 0. The van der Waals surface area contributed by atoms with Gasteiger partial charge in [0.1, 0.15) is 0 Å². The molecule has 0 N–H and O–H groups in total. The lowest BCUT2D eigenvalue weighted by Crippen LogP contribution is -1.81. The van der Waals surface area contributed by atoms with Crippen LogP contribution in [0.1, 0.15) is 84.0 Å². The fraction of sp³-hybridized carbons (Fsp3) is 0.867. The molecular formula is C15H29+. The lowest BCUT2D eigenvalue weighted by Gasteiger charge is -2.01. The second kappa shape index (κ2) is 13.7. The first-order chi connectivity index (χ1) is 7.41. The van der Waals surface area contributed by atoms with E-state index in [-0.39, 0.29) is 0 Å². The van der Waals surface area contributed by atoms with Crippen LogP contribution in [0, 0.1) is 6.58 Å². The van der Waals surface area contributed by atoms with Crippen molar-refractivity contribution in [2.75, 3.05) is 0 Å². The molecule has 0 aliphatic heterocycles. The number of hydrogen-bond acceptors (Lipinski definition) is 0. The largest absolute Gasteiger partial charge is 0.201 e. The topological polar surface area (TPSA) is 0 Å². The zero-order chi connectivity index (χ0) is 11.2. The van der Waals surface area contributed by atoms with E-state index in [9.17, 15) is 0 Å². The average molecular weight is 209 g/mol. The number of unbranched alkanes of at least 4 members (excludes halogenated alkanes) is 11. The standard InChI is InChI=1S/C15H29/c1-3-5-7-9-11-13-15-14-12-10-8-6-4-2/h1,3H,4-15H2,2H3/q+1. The van der Waals surface area contributed by atoms with Crippen molar-refractivity contribution in [1.29, 1.82) is 0 Å². The van der Waals surface area contributed by atoms with Crippen molar-refractivity contribution in [2.45, 2.75) is 84.0 Å². The number of allylic oxidation sites excluding steroid dienone is 1. The fourth-order valence-electron chi connectivity index (χ4n) is 1.93. The Hall–Kier alpha value is -0.350. The second-order valence-electron chi connectivity index (χ2n) is 4.56. The molecule has 0 heteroatoms.